The zero-order valence-corrected chi connectivity index (χ0v) is 17.3. The standard InChI is InChI=1S/C25H23FN4O/c1-16-8-10-21-19(13-16)24(29-28-21)25(31)30-12-4-7-23(30)22-11-9-17(15-27-22)14-18-5-2-3-6-20(18)26/h2-3,5-6,8-11,13,15,23H,4,7,12,14H2,1H3,(H,28,29). The van der Waals surface area contributed by atoms with Crippen molar-refractivity contribution >= 4 is 16.8 Å². The van der Waals surface area contributed by atoms with Gasteiger partial charge in [0.2, 0.25) is 0 Å². The zero-order valence-electron chi connectivity index (χ0n) is 17.3. The molecular weight excluding hydrogens is 391 g/mol. The Morgan fingerprint density at radius 3 is 2.87 bits per heavy atom. The Labute approximate surface area is 179 Å². The van der Waals surface area contributed by atoms with E-state index in [1.807, 2.05) is 48.2 Å². The molecule has 0 radical (unpaired) electrons. The first-order chi connectivity index (χ1) is 15.1. The van der Waals surface area contributed by atoms with Gasteiger partial charge in [0.15, 0.2) is 5.69 Å². The Morgan fingerprint density at radius 2 is 2.06 bits per heavy atom. The van der Waals surface area contributed by atoms with Gasteiger partial charge in [-0.25, -0.2) is 4.39 Å². The smallest absolute Gasteiger partial charge is 0.275 e. The van der Waals surface area contributed by atoms with Crippen LogP contribution in [0.3, 0.4) is 0 Å². The first-order valence-corrected chi connectivity index (χ1v) is 10.5. The van der Waals surface area contributed by atoms with Gasteiger partial charge in [-0.3, -0.25) is 14.9 Å². The molecule has 1 fully saturated rings. The number of carbonyl (C=O) groups excluding carboxylic acids is 1. The first-order valence-electron chi connectivity index (χ1n) is 10.5. The van der Waals surface area contributed by atoms with E-state index in [9.17, 15) is 9.18 Å². The van der Waals surface area contributed by atoms with E-state index in [0.717, 1.165) is 40.6 Å². The molecule has 31 heavy (non-hydrogen) atoms. The van der Waals surface area contributed by atoms with Crippen molar-refractivity contribution in [1.29, 1.82) is 0 Å². The predicted molar refractivity (Wildman–Crippen MR) is 117 cm³/mol. The third kappa shape index (κ3) is 3.69. The second-order valence-electron chi connectivity index (χ2n) is 8.14. The van der Waals surface area contributed by atoms with Crippen molar-refractivity contribution in [3.8, 4) is 0 Å². The molecule has 5 rings (SSSR count). The number of hydrogen-bond acceptors (Lipinski definition) is 3. The maximum atomic E-state index is 13.9. The highest BCUT2D eigenvalue weighted by atomic mass is 19.1. The van der Waals surface area contributed by atoms with E-state index in [-0.39, 0.29) is 17.8 Å². The highest BCUT2D eigenvalue weighted by Gasteiger charge is 2.33. The molecule has 1 atom stereocenters. The molecule has 0 aliphatic carbocycles. The molecule has 1 N–H and O–H groups in total. The highest BCUT2D eigenvalue weighted by molar-refractivity contribution is 6.05. The minimum absolute atomic E-state index is 0.0726. The lowest BCUT2D eigenvalue weighted by Crippen LogP contribution is -2.31. The number of amides is 1. The summed E-state index contributed by atoms with van der Waals surface area (Å²) >= 11 is 0. The number of pyridine rings is 1. The summed E-state index contributed by atoms with van der Waals surface area (Å²) in [6.45, 7) is 2.69. The lowest BCUT2D eigenvalue weighted by molar-refractivity contribution is 0.0729. The van der Waals surface area contributed by atoms with E-state index >= 15 is 0 Å². The quantitative estimate of drug-likeness (QED) is 0.513. The molecule has 6 heteroatoms. The molecule has 3 heterocycles. The number of carbonyl (C=O) groups is 1. The maximum Gasteiger partial charge on any atom is 0.275 e. The van der Waals surface area contributed by atoms with Crippen molar-refractivity contribution in [1.82, 2.24) is 20.1 Å². The summed E-state index contributed by atoms with van der Waals surface area (Å²) in [6.07, 6.45) is 4.07. The Morgan fingerprint density at radius 1 is 1.19 bits per heavy atom. The van der Waals surface area contributed by atoms with Gasteiger partial charge >= 0.3 is 0 Å². The van der Waals surface area contributed by atoms with E-state index < -0.39 is 0 Å². The maximum absolute atomic E-state index is 13.9. The van der Waals surface area contributed by atoms with Crippen molar-refractivity contribution in [2.75, 3.05) is 6.54 Å². The molecule has 0 bridgehead atoms. The van der Waals surface area contributed by atoms with Crippen molar-refractivity contribution < 1.29 is 9.18 Å². The van der Waals surface area contributed by atoms with Crippen LogP contribution in [0.25, 0.3) is 10.9 Å². The molecule has 2 aromatic heterocycles. The van der Waals surface area contributed by atoms with Crippen LogP contribution < -0.4 is 0 Å². The van der Waals surface area contributed by atoms with Gasteiger partial charge < -0.3 is 4.90 Å². The van der Waals surface area contributed by atoms with E-state index in [1.54, 1.807) is 18.3 Å². The number of nitrogens with zero attached hydrogens (tertiary/aromatic N) is 3. The number of halogens is 1. The molecular formula is C25H23FN4O. The van der Waals surface area contributed by atoms with E-state index in [1.165, 1.54) is 6.07 Å². The van der Waals surface area contributed by atoms with Crippen LogP contribution in [0, 0.1) is 12.7 Å². The van der Waals surface area contributed by atoms with Gasteiger partial charge in [0, 0.05) is 24.5 Å². The van der Waals surface area contributed by atoms with Gasteiger partial charge in [0.25, 0.3) is 5.91 Å². The van der Waals surface area contributed by atoms with Crippen LogP contribution in [0.4, 0.5) is 4.39 Å². The number of H-pyrrole nitrogens is 1. The summed E-state index contributed by atoms with van der Waals surface area (Å²) in [7, 11) is 0. The average molecular weight is 414 g/mol. The second kappa shape index (κ2) is 7.95. The number of hydrogen-bond donors (Lipinski definition) is 1. The largest absolute Gasteiger partial charge is 0.329 e. The molecule has 5 nitrogen and oxygen atoms in total. The number of aromatic nitrogens is 3. The van der Waals surface area contributed by atoms with Gasteiger partial charge in [0.1, 0.15) is 5.82 Å². The fourth-order valence-corrected chi connectivity index (χ4v) is 4.34. The van der Waals surface area contributed by atoms with Crippen molar-refractivity contribution in [3.05, 3.63) is 94.7 Å². The molecule has 1 unspecified atom stereocenters. The molecule has 1 amide bonds. The monoisotopic (exact) mass is 414 g/mol. The average Bonchev–Trinajstić information content (AvgIpc) is 3.43. The first kappa shape index (κ1) is 19.4. The molecule has 1 aliphatic rings. The lowest BCUT2D eigenvalue weighted by atomic mass is 10.0. The Bertz CT molecular complexity index is 1250. The molecule has 2 aromatic carbocycles. The van der Waals surface area contributed by atoms with Crippen molar-refractivity contribution in [3.63, 3.8) is 0 Å². The number of aromatic amines is 1. The summed E-state index contributed by atoms with van der Waals surface area (Å²) in [5.74, 6) is -0.280. The van der Waals surface area contributed by atoms with Gasteiger partial charge in [0.05, 0.1) is 17.3 Å². The topological polar surface area (TPSA) is 61.9 Å². The zero-order chi connectivity index (χ0) is 21.4. The molecule has 0 spiro atoms. The van der Waals surface area contributed by atoms with Crippen molar-refractivity contribution in [2.45, 2.75) is 32.2 Å². The minimum Gasteiger partial charge on any atom is -0.329 e. The number of benzene rings is 2. The Balaban J connectivity index is 1.38. The number of aryl methyl sites for hydroxylation is 1. The van der Waals surface area contributed by atoms with Crippen LogP contribution in [-0.2, 0) is 6.42 Å². The highest BCUT2D eigenvalue weighted by Crippen LogP contribution is 2.33. The van der Waals surface area contributed by atoms with Crippen molar-refractivity contribution in [2.24, 2.45) is 0 Å². The molecule has 4 aromatic rings. The van der Waals surface area contributed by atoms with Gasteiger partial charge in [-0.15, -0.1) is 0 Å². The minimum atomic E-state index is -0.208. The summed E-state index contributed by atoms with van der Waals surface area (Å²) < 4.78 is 13.9. The fourth-order valence-electron chi connectivity index (χ4n) is 4.34. The SMILES string of the molecule is Cc1ccc2[nH]nc(C(=O)N3CCCC3c3ccc(Cc4ccccc4F)cn3)c2c1. The van der Waals surface area contributed by atoms with Gasteiger partial charge in [-0.1, -0.05) is 35.9 Å². The number of fused-ring (bicyclic) bond motifs is 1. The summed E-state index contributed by atoms with van der Waals surface area (Å²) in [4.78, 5) is 19.8. The number of likely N-dealkylation sites (tertiary alicyclic amines) is 1. The van der Waals surface area contributed by atoms with E-state index in [0.29, 0.717) is 24.2 Å². The molecule has 0 saturated carbocycles. The summed E-state index contributed by atoms with van der Waals surface area (Å²) in [6, 6.07) is 16.6. The normalized spacial score (nSPS) is 16.2. The van der Waals surface area contributed by atoms with E-state index in [4.69, 9.17) is 0 Å². The summed E-state index contributed by atoms with van der Waals surface area (Å²) in [5, 5.41) is 8.12. The molecule has 156 valence electrons. The van der Waals surface area contributed by atoms with Crippen LogP contribution in [0.1, 0.15) is 51.8 Å². The Kier molecular flexibility index (Phi) is 4.98. The summed E-state index contributed by atoms with van der Waals surface area (Å²) in [5.41, 5.74) is 4.86. The molecule has 1 saturated heterocycles. The third-order valence-electron chi connectivity index (χ3n) is 5.98. The van der Waals surface area contributed by atoms with Crippen LogP contribution in [0.2, 0.25) is 0 Å². The van der Waals surface area contributed by atoms with Crippen LogP contribution >= 0.6 is 0 Å². The molecule has 1 aliphatic heterocycles. The predicted octanol–water partition coefficient (Wildman–Crippen LogP) is 4.97. The Hall–Kier alpha value is -3.54. The van der Waals surface area contributed by atoms with Gasteiger partial charge in [-0.05, 0) is 55.2 Å². The van der Waals surface area contributed by atoms with Crippen LogP contribution in [-0.4, -0.2) is 32.5 Å². The van der Waals surface area contributed by atoms with Crippen LogP contribution in [0.5, 0.6) is 0 Å². The number of rotatable bonds is 4. The van der Waals surface area contributed by atoms with E-state index in [2.05, 4.69) is 15.2 Å². The second-order valence-corrected chi connectivity index (χ2v) is 8.14. The number of nitrogens with one attached hydrogen (secondary N) is 1. The van der Waals surface area contributed by atoms with Crippen LogP contribution in [0.15, 0.2) is 60.8 Å². The third-order valence-corrected chi connectivity index (χ3v) is 5.98. The fraction of sp³-hybridized carbons (Fsp3) is 0.240. The lowest BCUT2D eigenvalue weighted by Gasteiger charge is -2.23. The van der Waals surface area contributed by atoms with Gasteiger partial charge in [-0.2, -0.15) is 5.10 Å².